The van der Waals surface area contributed by atoms with Gasteiger partial charge in [0, 0.05) is 13.1 Å². The van der Waals surface area contributed by atoms with Crippen LogP contribution in [0.4, 0.5) is 0 Å². The predicted molar refractivity (Wildman–Crippen MR) is 103 cm³/mol. The number of hydrogen-bond acceptors (Lipinski definition) is 5. The van der Waals surface area contributed by atoms with Crippen LogP contribution >= 0.6 is 0 Å². The number of nitrogens with zero attached hydrogens (tertiary/aromatic N) is 2. The van der Waals surface area contributed by atoms with Crippen LogP contribution in [0, 0.1) is 5.41 Å². The second-order valence-corrected chi connectivity index (χ2v) is 7.57. The molecule has 6 heteroatoms. The molecule has 1 aromatic carbocycles. The summed E-state index contributed by atoms with van der Waals surface area (Å²) in [5, 5.41) is 0. The lowest BCUT2D eigenvalue weighted by Crippen LogP contribution is -2.49. The molecule has 2 aliphatic rings. The van der Waals surface area contributed by atoms with Crippen LogP contribution < -0.4 is 4.74 Å². The van der Waals surface area contributed by atoms with E-state index in [0.717, 1.165) is 51.9 Å². The van der Waals surface area contributed by atoms with Crippen LogP contribution in [0.5, 0.6) is 5.75 Å². The maximum absolute atomic E-state index is 12.9. The lowest BCUT2D eigenvalue weighted by atomic mass is 9.71. The van der Waals surface area contributed by atoms with Crippen molar-refractivity contribution in [1.29, 1.82) is 0 Å². The summed E-state index contributed by atoms with van der Waals surface area (Å²) in [6.45, 7) is 6.10. The normalized spacial score (nSPS) is 19.7. The number of carbonyl (C=O) groups is 2. The highest BCUT2D eigenvalue weighted by molar-refractivity contribution is 5.97. The van der Waals surface area contributed by atoms with Crippen molar-refractivity contribution in [3.63, 3.8) is 0 Å². The second kappa shape index (κ2) is 8.74. The zero-order valence-electron chi connectivity index (χ0n) is 16.4. The molecule has 27 heavy (non-hydrogen) atoms. The molecule has 1 amide bonds. The first-order valence-corrected chi connectivity index (χ1v) is 9.87. The molecule has 0 saturated carbocycles. The van der Waals surface area contributed by atoms with E-state index in [1.165, 1.54) is 0 Å². The molecular weight excluding hydrogens is 344 g/mol. The summed E-state index contributed by atoms with van der Waals surface area (Å²) in [4.78, 5) is 28.7. The number of para-hydroxylation sites is 1. The van der Waals surface area contributed by atoms with Crippen LogP contribution in [0.1, 0.15) is 43.0 Å². The van der Waals surface area contributed by atoms with Gasteiger partial charge in [-0.2, -0.15) is 0 Å². The Kier molecular flexibility index (Phi) is 6.37. The van der Waals surface area contributed by atoms with E-state index in [4.69, 9.17) is 9.47 Å². The molecule has 0 unspecified atom stereocenters. The highest BCUT2D eigenvalue weighted by Gasteiger charge is 2.39. The molecule has 1 spiro atoms. The van der Waals surface area contributed by atoms with Gasteiger partial charge < -0.3 is 14.4 Å². The molecular formula is C21H30N2O4. The Morgan fingerprint density at radius 2 is 1.67 bits per heavy atom. The third kappa shape index (κ3) is 4.61. The van der Waals surface area contributed by atoms with Crippen LogP contribution in [0.3, 0.4) is 0 Å². The van der Waals surface area contributed by atoms with Crippen molar-refractivity contribution in [3.05, 3.63) is 29.8 Å². The fourth-order valence-corrected chi connectivity index (χ4v) is 4.25. The van der Waals surface area contributed by atoms with Crippen molar-refractivity contribution >= 4 is 11.9 Å². The van der Waals surface area contributed by atoms with Crippen molar-refractivity contribution in [1.82, 2.24) is 9.80 Å². The fourth-order valence-electron chi connectivity index (χ4n) is 4.25. The largest absolute Gasteiger partial charge is 0.496 e. The van der Waals surface area contributed by atoms with Gasteiger partial charge in [0.1, 0.15) is 5.75 Å². The predicted octanol–water partition coefficient (Wildman–Crippen LogP) is 2.58. The van der Waals surface area contributed by atoms with Crippen LogP contribution in [0.15, 0.2) is 24.3 Å². The minimum Gasteiger partial charge on any atom is -0.496 e. The molecule has 1 aromatic rings. The summed E-state index contributed by atoms with van der Waals surface area (Å²) >= 11 is 0. The molecule has 2 saturated heterocycles. The molecule has 6 nitrogen and oxygen atoms in total. The standard InChI is InChI=1S/C21H30N2O4/c1-3-27-19(24)16-22-12-8-21(9-13-22)10-14-23(15-11-21)20(25)17-6-4-5-7-18(17)26-2/h4-7H,3,8-16H2,1-2H3. The number of hydrogen-bond donors (Lipinski definition) is 0. The number of methoxy groups -OCH3 is 1. The van der Waals surface area contributed by atoms with Crippen LogP contribution in [-0.4, -0.2) is 68.1 Å². The first kappa shape index (κ1) is 19.7. The van der Waals surface area contributed by atoms with Gasteiger partial charge in [0.05, 0.1) is 25.8 Å². The zero-order chi connectivity index (χ0) is 19.3. The van der Waals surface area contributed by atoms with Crippen LogP contribution in [0.25, 0.3) is 0 Å². The van der Waals surface area contributed by atoms with Crippen LogP contribution in [0.2, 0.25) is 0 Å². The molecule has 2 fully saturated rings. The number of piperidine rings is 2. The van der Waals surface area contributed by atoms with E-state index in [0.29, 0.717) is 29.9 Å². The Labute approximate surface area is 161 Å². The minimum atomic E-state index is -0.134. The van der Waals surface area contributed by atoms with Crippen molar-refractivity contribution in [2.24, 2.45) is 5.41 Å². The van der Waals surface area contributed by atoms with Crippen molar-refractivity contribution in [2.75, 3.05) is 46.4 Å². The summed E-state index contributed by atoms with van der Waals surface area (Å²) in [6.07, 6.45) is 4.23. The van der Waals surface area contributed by atoms with E-state index < -0.39 is 0 Å². The van der Waals surface area contributed by atoms with Gasteiger partial charge in [0.25, 0.3) is 5.91 Å². The molecule has 0 atom stereocenters. The van der Waals surface area contributed by atoms with Crippen LogP contribution in [-0.2, 0) is 9.53 Å². The van der Waals surface area contributed by atoms with E-state index in [1.807, 2.05) is 36.1 Å². The van der Waals surface area contributed by atoms with Gasteiger partial charge in [0.2, 0.25) is 0 Å². The first-order valence-electron chi connectivity index (χ1n) is 9.87. The summed E-state index contributed by atoms with van der Waals surface area (Å²) < 4.78 is 10.4. The number of ether oxygens (including phenoxy) is 2. The Morgan fingerprint density at radius 3 is 2.30 bits per heavy atom. The molecule has 0 aromatic heterocycles. The molecule has 0 radical (unpaired) electrons. The van der Waals surface area contributed by atoms with E-state index in [-0.39, 0.29) is 11.9 Å². The third-order valence-electron chi connectivity index (χ3n) is 6.02. The van der Waals surface area contributed by atoms with Crippen molar-refractivity contribution in [3.8, 4) is 5.75 Å². The molecule has 148 valence electrons. The Morgan fingerprint density at radius 1 is 1.04 bits per heavy atom. The van der Waals surface area contributed by atoms with Gasteiger partial charge in [-0.1, -0.05) is 12.1 Å². The Hall–Kier alpha value is -2.08. The molecule has 3 rings (SSSR count). The highest BCUT2D eigenvalue weighted by Crippen LogP contribution is 2.41. The van der Waals surface area contributed by atoms with Gasteiger partial charge in [0.15, 0.2) is 0 Å². The fraction of sp³-hybridized carbons (Fsp3) is 0.619. The van der Waals surface area contributed by atoms with E-state index >= 15 is 0 Å². The molecule has 2 heterocycles. The molecule has 0 aliphatic carbocycles. The maximum Gasteiger partial charge on any atom is 0.320 e. The number of esters is 1. The van der Waals surface area contributed by atoms with Crippen molar-refractivity contribution in [2.45, 2.75) is 32.6 Å². The Balaban J connectivity index is 1.52. The minimum absolute atomic E-state index is 0.0575. The number of amides is 1. The van der Waals surface area contributed by atoms with E-state index in [1.54, 1.807) is 7.11 Å². The number of rotatable bonds is 5. The van der Waals surface area contributed by atoms with Gasteiger partial charge in [-0.3, -0.25) is 14.5 Å². The lowest BCUT2D eigenvalue weighted by molar-refractivity contribution is -0.145. The second-order valence-electron chi connectivity index (χ2n) is 7.57. The monoisotopic (exact) mass is 374 g/mol. The summed E-state index contributed by atoms with van der Waals surface area (Å²) in [6, 6.07) is 7.42. The lowest BCUT2D eigenvalue weighted by Gasteiger charge is -2.46. The summed E-state index contributed by atoms with van der Waals surface area (Å²) in [7, 11) is 1.60. The average Bonchev–Trinajstić information content (AvgIpc) is 2.70. The highest BCUT2D eigenvalue weighted by atomic mass is 16.5. The Bertz CT molecular complexity index is 658. The average molecular weight is 374 g/mol. The number of likely N-dealkylation sites (tertiary alicyclic amines) is 2. The third-order valence-corrected chi connectivity index (χ3v) is 6.02. The summed E-state index contributed by atoms with van der Waals surface area (Å²) in [5.74, 6) is 0.558. The van der Waals surface area contributed by atoms with Gasteiger partial charge in [-0.05, 0) is 63.2 Å². The molecule has 2 aliphatic heterocycles. The van der Waals surface area contributed by atoms with E-state index in [9.17, 15) is 9.59 Å². The van der Waals surface area contributed by atoms with Gasteiger partial charge in [-0.15, -0.1) is 0 Å². The first-order chi connectivity index (χ1) is 13.1. The van der Waals surface area contributed by atoms with E-state index in [2.05, 4.69) is 4.90 Å². The SMILES string of the molecule is CCOC(=O)CN1CCC2(CC1)CCN(C(=O)c1ccccc1OC)CC2. The molecule has 0 N–H and O–H groups in total. The number of carbonyl (C=O) groups excluding carboxylic acids is 2. The van der Waals surface area contributed by atoms with Gasteiger partial charge >= 0.3 is 5.97 Å². The topological polar surface area (TPSA) is 59.1 Å². The quantitative estimate of drug-likeness (QED) is 0.742. The zero-order valence-corrected chi connectivity index (χ0v) is 16.4. The van der Waals surface area contributed by atoms with Crippen molar-refractivity contribution < 1.29 is 19.1 Å². The maximum atomic E-state index is 12.9. The smallest absolute Gasteiger partial charge is 0.320 e. The van der Waals surface area contributed by atoms with Gasteiger partial charge in [-0.25, -0.2) is 0 Å². The summed E-state index contributed by atoms with van der Waals surface area (Å²) in [5.41, 5.74) is 0.947. The molecule has 0 bridgehead atoms. The number of benzene rings is 1.